The molecule has 0 spiro atoms. The molecule has 26 heavy (non-hydrogen) atoms. The van der Waals surface area contributed by atoms with Crippen molar-refractivity contribution < 1.29 is 22.7 Å². The van der Waals surface area contributed by atoms with Gasteiger partial charge < -0.3 is 14.8 Å². The van der Waals surface area contributed by atoms with Gasteiger partial charge in [0.15, 0.2) is 6.10 Å². The number of hydrogen-bond acceptors (Lipinski definition) is 5. The number of carbonyl (C=O) groups excluding carboxylic acids is 1. The van der Waals surface area contributed by atoms with Crippen LogP contribution < -0.4 is 14.8 Å². The topological polar surface area (TPSA) is 93.7 Å². The lowest BCUT2D eigenvalue weighted by molar-refractivity contribution is -0.127. The summed E-state index contributed by atoms with van der Waals surface area (Å²) in [5.74, 6) is 0.599. The lowest BCUT2D eigenvalue weighted by Crippen LogP contribution is -2.38. The van der Waals surface area contributed by atoms with Crippen LogP contribution in [0.4, 0.5) is 0 Å². The van der Waals surface area contributed by atoms with E-state index in [9.17, 15) is 13.2 Å². The Morgan fingerprint density at radius 3 is 2.54 bits per heavy atom. The molecule has 1 aromatic carbocycles. The Kier molecular flexibility index (Phi) is 7.43. The van der Waals surface area contributed by atoms with Crippen molar-refractivity contribution in [2.24, 2.45) is 5.92 Å². The number of benzene rings is 1. The van der Waals surface area contributed by atoms with Gasteiger partial charge in [-0.1, -0.05) is 13.8 Å². The van der Waals surface area contributed by atoms with Crippen LogP contribution in [-0.4, -0.2) is 46.2 Å². The predicted octanol–water partition coefficient (Wildman–Crippen LogP) is 1.68. The van der Waals surface area contributed by atoms with Crippen molar-refractivity contribution in [3.63, 3.8) is 0 Å². The highest BCUT2D eigenvalue weighted by atomic mass is 32.2. The van der Waals surface area contributed by atoms with Gasteiger partial charge in [-0.25, -0.2) is 13.1 Å². The van der Waals surface area contributed by atoms with Crippen LogP contribution in [0.1, 0.15) is 33.6 Å². The van der Waals surface area contributed by atoms with Gasteiger partial charge in [-0.05, 0) is 49.9 Å². The van der Waals surface area contributed by atoms with Crippen LogP contribution in [0.25, 0.3) is 0 Å². The van der Waals surface area contributed by atoms with Gasteiger partial charge in [0.25, 0.3) is 5.91 Å². The second-order valence-corrected chi connectivity index (χ2v) is 8.62. The van der Waals surface area contributed by atoms with Crippen LogP contribution >= 0.6 is 0 Å². The van der Waals surface area contributed by atoms with Crippen LogP contribution in [-0.2, 0) is 19.6 Å². The first-order valence-electron chi connectivity index (χ1n) is 8.93. The molecule has 0 saturated carbocycles. The van der Waals surface area contributed by atoms with Crippen molar-refractivity contribution >= 4 is 15.9 Å². The Labute approximate surface area is 155 Å². The van der Waals surface area contributed by atoms with Crippen LogP contribution in [0.3, 0.4) is 0 Å². The summed E-state index contributed by atoms with van der Waals surface area (Å²) in [7, 11) is -3.59. The van der Waals surface area contributed by atoms with Gasteiger partial charge in [0, 0.05) is 19.7 Å². The summed E-state index contributed by atoms with van der Waals surface area (Å²) in [5.41, 5.74) is 0. The Bertz CT molecular complexity index is 682. The number of hydrogen-bond donors (Lipinski definition) is 2. The predicted molar refractivity (Wildman–Crippen MR) is 98.5 cm³/mol. The molecule has 1 saturated heterocycles. The molecule has 2 N–H and O–H groups in total. The molecule has 1 aliphatic heterocycles. The molecule has 2 rings (SSSR count). The van der Waals surface area contributed by atoms with Crippen molar-refractivity contribution in [3.8, 4) is 5.75 Å². The Hall–Kier alpha value is -1.64. The maximum atomic E-state index is 12.3. The molecular weight excluding hydrogens is 356 g/mol. The molecule has 1 aliphatic rings. The van der Waals surface area contributed by atoms with Gasteiger partial charge in [-0.15, -0.1) is 0 Å². The van der Waals surface area contributed by atoms with Crippen molar-refractivity contribution in [1.29, 1.82) is 0 Å². The van der Waals surface area contributed by atoms with E-state index in [-0.39, 0.29) is 23.5 Å². The average Bonchev–Trinajstić information content (AvgIpc) is 3.12. The summed E-state index contributed by atoms with van der Waals surface area (Å²) >= 11 is 0. The lowest BCUT2D eigenvalue weighted by atomic mass is 10.2. The van der Waals surface area contributed by atoms with Crippen molar-refractivity contribution in [2.75, 3.05) is 19.7 Å². The van der Waals surface area contributed by atoms with Gasteiger partial charge in [0.2, 0.25) is 10.0 Å². The van der Waals surface area contributed by atoms with Crippen LogP contribution in [0, 0.1) is 5.92 Å². The highest BCUT2D eigenvalue weighted by Crippen LogP contribution is 2.18. The van der Waals surface area contributed by atoms with E-state index in [1.165, 1.54) is 12.1 Å². The fourth-order valence-corrected chi connectivity index (χ4v) is 3.56. The number of sulfonamides is 1. The molecule has 0 aliphatic carbocycles. The van der Waals surface area contributed by atoms with E-state index in [1.54, 1.807) is 19.1 Å². The minimum atomic E-state index is -3.59. The second kappa shape index (κ2) is 9.34. The molecular formula is C18H28N2O5S. The largest absolute Gasteiger partial charge is 0.481 e. The van der Waals surface area contributed by atoms with E-state index < -0.39 is 16.1 Å². The first-order chi connectivity index (χ1) is 12.3. The lowest BCUT2D eigenvalue weighted by Gasteiger charge is -2.16. The number of ether oxygens (including phenoxy) is 2. The number of carbonyl (C=O) groups is 1. The summed E-state index contributed by atoms with van der Waals surface area (Å²) in [6.45, 7) is 7.22. The maximum absolute atomic E-state index is 12.3. The van der Waals surface area contributed by atoms with Gasteiger partial charge in [-0.3, -0.25) is 4.79 Å². The van der Waals surface area contributed by atoms with Gasteiger partial charge in [-0.2, -0.15) is 0 Å². The first-order valence-corrected chi connectivity index (χ1v) is 10.4. The van der Waals surface area contributed by atoms with E-state index in [2.05, 4.69) is 10.0 Å². The molecule has 1 aromatic rings. The van der Waals surface area contributed by atoms with Crippen molar-refractivity contribution in [2.45, 2.75) is 50.7 Å². The average molecular weight is 384 g/mol. The van der Waals surface area contributed by atoms with Crippen LogP contribution in [0.2, 0.25) is 0 Å². The first kappa shape index (κ1) is 20.7. The maximum Gasteiger partial charge on any atom is 0.260 e. The molecule has 146 valence electrons. The minimum absolute atomic E-state index is 0.0578. The monoisotopic (exact) mass is 384 g/mol. The van der Waals surface area contributed by atoms with E-state index in [0.29, 0.717) is 24.8 Å². The zero-order valence-corrected chi connectivity index (χ0v) is 16.3. The zero-order valence-electron chi connectivity index (χ0n) is 15.5. The van der Waals surface area contributed by atoms with E-state index >= 15 is 0 Å². The molecule has 8 heteroatoms. The van der Waals surface area contributed by atoms with Crippen molar-refractivity contribution in [1.82, 2.24) is 10.0 Å². The highest BCUT2D eigenvalue weighted by molar-refractivity contribution is 7.89. The molecule has 0 unspecified atom stereocenters. The molecule has 1 fully saturated rings. The van der Waals surface area contributed by atoms with E-state index in [0.717, 1.165) is 12.8 Å². The molecule has 1 amide bonds. The summed E-state index contributed by atoms with van der Waals surface area (Å²) in [6, 6.07) is 6.03. The fraction of sp³-hybridized carbons (Fsp3) is 0.611. The van der Waals surface area contributed by atoms with E-state index in [1.807, 2.05) is 13.8 Å². The molecule has 2 atom stereocenters. The van der Waals surface area contributed by atoms with Gasteiger partial charge in [0.05, 0.1) is 11.0 Å². The van der Waals surface area contributed by atoms with E-state index in [4.69, 9.17) is 9.47 Å². The molecule has 0 aromatic heterocycles. The molecule has 0 bridgehead atoms. The molecule has 0 radical (unpaired) electrons. The van der Waals surface area contributed by atoms with Crippen molar-refractivity contribution in [3.05, 3.63) is 24.3 Å². The molecule has 1 heterocycles. The highest BCUT2D eigenvalue weighted by Gasteiger charge is 2.20. The zero-order chi connectivity index (χ0) is 19.2. The van der Waals surface area contributed by atoms with Gasteiger partial charge in [0.1, 0.15) is 5.75 Å². The van der Waals surface area contributed by atoms with Gasteiger partial charge >= 0.3 is 0 Å². The number of amides is 1. The SMILES string of the molecule is CC(C)CNC(=O)[C@H](C)Oc1ccc(S(=O)(=O)NC[C@@H]2CCCO2)cc1. The summed E-state index contributed by atoms with van der Waals surface area (Å²) in [4.78, 5) is 12.1. The summed E-state index contributed by atoms with van der Waals surface area (Å²) < 4.78 is 38.2. The minimum Gasteiger partial charge on any atom is -0.481 e. The van der Waals surface area contributed by atoms with Crippen LogP contribution in [0.5, 0.6) is 5.75 Å². The fourth-order valence-electron chi connectivity index (χ4n) is 2.49. The Morgan fingerprint density at radius 2 is 1.96 bits per heavy atom. The second-order valence-electron chi connectivity index (χ2n) is 6.86. The Morgan fingerprint density at radius 1 is 1.27 bits per heavy atom. The third-order valence-corrected chi connectivity index (χ3v) is 5.47. The Balaban J connectivity index is 1.89. The number of rotatable bonds is 9. The third kappa shape index (κ3) is 6.26. The third-order valence-electron chi connectivity index (χ3n) is 4.03. The smallest absolute Gasteiger partial charge is 0.260 e. The summed E-state index contributed by atoms with van der Waals surface area (Å²) in [5, 5.41) is 2.80. The summed E-state index contributed by atoms with van der Waals surface area (Å²) in [6.07, 6.45) is 1.11. The normalized spacial score (nSPS) is 18.7. The van der Waals surface area contributed by atoms with Crippen LogP contribution in [0.15, 0.2) is 29.2 Å². The quantitative estimate of drug-likeness (QED) is 0.676. The molecule has 7 nitrogen and oxygen atoms in total. The standard InChI is InChI=1S/C18H28N2O5S/c1-13(2)11-19-18(21)14(3)25-15-6-8-17(9-7-15)26(22,23)20-12-16-5-4-10-24-16/h6-9,13-14,16,20H,4-5,10-12H2,1-3H3,(H,19,21)/t14-,16-/m0/s1. The number of nitrogens with one attached hydrogen (secondary N) is 2.